The van der Waals surface area contributed by atoms with E-state index in [1.165, 1.54) is 19.3 Å². The van der Waals surface area contributed by atoms with E-state index in [2.05, 4.69) is 12.2 Å². The number of hydrogen-bond donors (Lipinski definition) is 2. The highest BCUT2D eigenvalue weighted by atomic mass is 16.4. The van der Waals surface area contributed by atoms with Crippen LogP contribution in [0, 0.1) is 11.8 Å². The molecule has 0 bridgehead atoms. The van der Waals surface area contributed by atoms with Crippen LogP contribution < -0.4 is 5.32 Å². The van der Waals surface area contributed by atoms with Crippen LogP contribution in [-0.4, -0.2) is 41.1 Å². The average Bonchev–Trinajstić information content (AvgIpc) is 2.48. The van der Waals surface area contributed by atoms with E-state index in [0.29, 0.717) is 25.0 Å². The first kappa shape index (κ1) is 16.1. The van der Waals surface area contributed by atoms with Crippen molar-refractivity contribution in [3.05, 3.63) is 0 Å². The first-order valence-electron chi connectivity index (χ1n) is 8.37. The van der Waals surface area contributed by atoms with Gasteiger partial charge in [-0.1, -0.05) is 26.2 Å². The van der Waals surface area contributed by atoms with Gasteiger partial charge in [-0.05, 0) is 37.5 Å². The third-order valence-corrected chi connectivity index (χ3v) is 5.11. The van der Waals surface area contributed by atoms with Crippen LogP contribution in [0.4, 0.5) is 4.79 Å². The van der Waals surface area contributed by atoms with Crippen molar-refractivity contribution >= 4 is 12.0 Å². The van der Waals surface area contributed by atoms with Gasteiger partial charge in [0.2, 0.25) is 0 Å². The highest BCUT2D eigenvalue weighted by molar-refractivity contribution is 5.74. The van der Waals surface area contributed by atoms with Crippen molar-refractivity contribution in [2.24, 2.45) is 11.8 Å². The summed E-state index contributed by atoms with van der Waals surface area (Å²) in [5.74, 6) is 0.114. The van der Waals surface area contributed by atoms with Crippen LogP contribution in [0.15, 0.2) is 0 Å². The third-order valence-electron chi connectivity index (χ3n) is 5.11. The zero-order valence-corrected chi connectivity index (χ0v) is 13.0. The van der Waals surface area contributed by atoms with Crippen LogP contribution in [0.3, 0.4) is 0 Å². The molecule has 5 nitrogen and oxygen atoms in total. The number of nitrogens with one attached hydrogen (secondary N) is 1. The summed E-state index contributed by atoms with van der Waals surface area (Å²) in [4.78, 5) is 24.9. The molecule has 0 aromatic heterocycles. The van der Waals surface area contributed by atoms with E-state index >= 15 is 0 Å². The van der Waals surface area contributed by atoms with Crippen LogP contribution in [0.5, 0.6) is 0 Å². The van der Waals surface area contributed by atoms with Gasteiger partial charge in [-0.2, -0.15) is 0 Å². The number of aliphatic carboxylic acids is 1. The quantitative estimate of drug-likeness (QED) is 0.838. The molecule has 1 aliphatic heterocycles. The molecule has 2 fully saturated rings. The van der Waals surface area contributed by atoms with Crippen molar-refractivity contribution in [2.45, 2.75) is 64.3 Å². The van der Waals surface area contributed by atoms with Crippen molar-refractivity contribution < 1.29 is 14.7 Å². The monoisotopic (exact) mass is 296 g/mol. The molecular weight excluding hydrogens is 268 g/mol. The molecule has 1 aliphatic carbocycles. The largest absolute Gasteiger partial charge is 0.481 e. The number of hydrogen-bond acceptors (Lipinski definition) is 2. The molecule has 2 amide bonds. The molecule has 0 spiro atoms. The lowest BCUT2D eigenvalue weighted by Crippen LogP contribution is -2.50. The Morgan fingerprint density at radius 2 is 1.81 bits per heavy atom. The molecule has 120 valence electrons. The number of rotatable bonds is 4. The maximum atomic E-state index is 12.4. The van der Waals surface area contributed by atoms with Gasteiger partial charge >= 0.3 is 12.0 Å². The van der Waals surface area contributed by atoms with Gasteiger partial charge in [0.1, 0.15) is 0 Å². The number of carbonyl (C=O) groups excluding carboxylic acids is 1. The zero-order chi connectivity index (χ0) is 15.2. The summed E-state index contributed by atoms with van der Waals surface area (Å²) in [5.41, 5.74) is 0. The topological polar surface area (TPSA) is 69.6 Å². The standard InChI is InChI=1S/C16H28N2O3/c1-2-13-5-3-4-6-14(13)17-16(21)18-9-7-12(8-10-18)11-15(19)20/h12-14H,2-11H2,1H3,(H,17,21)(H,19,20). The molecule has 2 N–H and O–H groups in total. The van der Waals surface area contributed by atoms with Crippen LogP contribution in [0.2, 0.25) is 0 Å². The Morgan fingerprint density at radius 3 is 2.43 bits per heavy atom. The summed E-state index contributed by atoms with van der Waals surface area (Å²) < 4.78 is 0. The average molecular weight is 296 g/mol. The van der Waals surface area contributed by atoms with E-state index in [4.69, 9.17) is 5.11 Å². The predicted molar refractivity (Wildman–Crippen MR) is 81.1 cm³/mol. The maximum Gasteiger partial charge on any atom is 0.317 e. The van der Waals surface area contributed by atoms with Gasteiger partial charge in [-0.3, -0.25) is 4.79 Å². The second kappa shape index (κ2) is 7.66. The van der Waals surface area contributed by atoms with Gasteiger partial charge in [-0.15, -0.1) is 0 Å². The SMILES string of the molecule is CCC1CCCCC1NC(=O)N1CCC(CC(=O)O)CC1. The van der Waals surface area contributed by atoms with Crippen molar-refractivity contribution in [1.29, 1.82) is 0 Å². The van der Waals surface area contributed by atoms with Gasteiger partial charge in [0, 0.05) is 25.6 Å². The van der Waals surface area contributed by atoms with Crippen LogP contribution in [-0.2, 0) is 4.79 Å². The van der Waals surface area contributed by atoms with Crippen LogP contribution in [0.1, 0.15) is 58.3 Å². The Hall–Kier alpha value is -1.26. The molecule has 1 saturated heterocycles. The van der Waals surface area contributed by atoms with Crippen molar-refractivity contribution in [3.8, 4) is 0 Å². The number of likely N-dealkylation sites (tertiary alicyclic amines) is 1. The summed E-state index contributed by atoms with van der Waals surface area (Å²) in [6.07, 6.45) is 7.79. The Kier molecular flexibility index (Phi) is 5.88. The fourth-order valence-corrected chi connectivity index (χ4v) is 3.72. The lowest BCUT2D eigenvalue weighted by atomic mass is 9.83. The molecule has 5 heteroatoms. The number of carbonyl (C=O) groups is 2. The summed E-state index contributed by atoms with van der Waals surface area (Å²) >= 11 is 0. The zero-order valence-electron chi connectivity index (χ0n) is 13.0. The van der Waals surface area contributed by atoms with Crippen LogP contribution >= 0.6 is 0 Å². The number of nitrogens with zero attached hydrogens (tertiary/aromatic N) is 1. The normalized spacial score (nSPS) is 27.4. The highest BCUT2D eigenvalue weighted by Gasteiger charge is 2.29. The van der Waals surface area contributed by atoms with E-state index in [0.717, 1.165) is 25.7 Å². The van der Waals surface area contributed by atoms with Gasteiger partial charge < -0.3 is 15.3 Å². The Bertz CT molecular complexity index is 365. The Balaban J connectivity index is 1.77. The molecular formula is C16H28N2O3. The van der Waals surface area contributed by atoms with Crippen molar-refractivity contribution in [3.63, 3.8) is 0 Å². The van der Waals surface area contributed by atoms with Gasteiger partial charge in [0.25, 0.3) is 0 Å². The number of carboxylic acid groups (broad SMARTS) is 1. The van der Waals surface area contributed by atoms with E-state index in [1.54, 1.807) is 0 Å². The molecule has 2 rings (SSSR count). The summed E-state index contributed by atoms with van der Waals surface area (Å²) in [7, 11) is 0. The molecule has 2 unspecified atom stereocenters. The van der Waals surface area contributed by atoms with Gasteiger partial charge in [0.05, 0.1) is 0 Å². The number of piperidine rings is 1. The molecule has 1 saturated carbocycles. The lowest BCUT2D eigenvalue weighted by Gasteiger charge is -2.36. The highest BCUT2D eigenvalue weighted by Crippen LogP contribution is 2.27. The minimum Gasteiger partial charge on any atom is -0.481 e. The molecule has 21 heavy (non-hydrogen) atoms. The van der Waals surface area contributed by atoms with Gasteiger partial charge in [-0.25, -0.2) is 4.79 Å². The molecule has 2 atom stereocenters. The van der Waals surface area contributed by atoms with E-state index in [-0.39, 0.29) is 18.4 Å². The molecule has 1 heterocycles. The van der Waals surface area contributed by atoms with E-state index < -0.39 is 5.97 Å². The third kappa shape index (κ3) is 4.61. The van der Waals surface area contributed by atoms with Gasteiger partial charge in [0.15, 0.2) is 0 Å². The smallest absolute Gasteiger partial charge is 0.317 e. The fourth-order valence-electron chi connectivity index (χ4n) is 3.72. The van der Waals surface area contributed by atoms with Crippen molar-refractivity contribution in [1.82, 2.24) is 10.2 Å². The van der Waals surface area contributed by atoms with Crippen molar-refractivity contribution in [2.75, 3.05) is 13.1 Å². The Morgan fingerprint density at radius 1 is 1.14 bits per heavy atom. The molecule has 0 radical (unpaired) electrons. The fraction of sp³-hybridized carbons (Fsp3) is 0.875. The minimum absolute atomic E-state index is 0.0501. The minimum atomic E-state index is -0.731. The lowest BCUT2D eigenvalue weighted by molar-refractivity contribution is -0.138. The van der Waals surface area contributed by atoms with E-state index in [1.807, 2.05) is 4.90 Å². The maximum absolute atomic E-state index is 12.4. The van der Waals surface area contributed by atoms with Crippen LogP contribution in [0.25, 0.3) is 0 Å². The molecule has 0 aromatic rings. The summed E-state index contributed by atoms with van der Waals surface area (Å²) in [5, 5.41) is 12.0. The first-order valence-corrected chi connectivity index (χ1v) is 8.37. The Labute approximate surface area is 127 Å². The van der Waals surface area contributed by atoms with E-state index in [9.17, 15) is 9.59 Å². The first-order chi connectivity index (χ1) is 10.1. The number of carboxylic acids is 1. The molecule has 2 aliphatic rings. The summed E-state index contributed by atoms with van der Waals surface area (Å²) in [6, 6.07) is 0.377. The summed E-state index contributed by atoms with van der Waals surface area (Å²) in [6.45, 7) is 3.58. The predicted octanol–water partition coefficient (Wildman–Crippen LogP) is 2.85. The second-order valence-corrected chi connectivity index (χ2v) is 6.54. The number of amides is 2. The molecule has 0 aromatic carbocycles. The number of urea groups is 1. The second-order valence-electron chi connectivity index (χ2n) is 6.54.